The van der Waals surface area contributed by atoms with Gasteiger partial charge in [-0.05, 0) is 17.8 Å². The van der Waals surface area contributed by atoms with E-state index in [9.17, 15) is 10.1 Å². The van der Waals surface area contributed by atoms with Gasteiger partial charge >= 0.3 is 5.82 Å². The highest BCUT2D eigenvalue weighted by Crippen LogP contribution is 2.28. The number of aromatic nitrogens is 2. The molecule has 7 heteroatoms. The van der Waals surface area contributed by atoms with Crippen molar-refractivity contribution in [3.63, 3.8) is 0 Å². The van der Waals surface area contributed by atoms with Gasteiger partial charge in [-0.2, -0.15) is 9.38 Å². The zero-order valence-electron chi connectivity index (χ0n) is 9.71. The Bertz CT molecular complexity index is 529. The van der Waals surface area contributed by atoms with E-state index in [1.807, 2.05) is 13.8 Å². The Morgan fingerprint density at radius 2 is 2.29 bits per heavy atom. The van der Waals surface area contributed by atoms with Gasteiger partial charge in [0.25, 0.3) is 4.96 Å². The van der Waals surface area contributed by atoms with Crippen LogP contribution in [0.25, 0.3) is 4.96 Å². The van der Waals surface area contributed by atoms with Crippen molar-refractivity contribution in [2.24, 2.45) is 0 Å². The van der Waals surface area contributed by atoms with E-state index in [1.165, 1.54) is 15.7 Å². The van der Waals surface area contributed by atoms with Gasteiger partial charge in [0, 0.05) is 11.4 Å². The molecule has 0 bridgehead atoms. The number of nitrogens with zero attached hydrogens (tertiary/aromatic N) is 3. The summed E-state index contributed by atoms with van der Waals surface area (Å²) in [5.41, 5.74) is 0. The molecule has 0 unspecified atom stereocenters. The minimum Gasteiger partial charge on any atom is -0.360 e. The van der Waals surface area contributed by atoms with Gasteiger partial charge in [-0.3, -0.25) is 0 Å². The van der Waals surface area contributed by atoms with Gasteiger partial charge in [0.1, 0.15) is 6.20 Å². The number of anilines is 1. The molecule has 0 aliphatic heterocycles. The molecule has 2 rings (SSSR count). The first-order chi connectivity index (χ1) is 8.17. The molecule has 0 saturated carbocycles. The molecular weight excluding hydrogens is 240 g/mol. The molecule has 0 aromatic carbocycles. The summed E-state index contributed by atoms with van der Waals surface area (Å²) in [4.78, 5) is 15.6. The standard InChI is InChI=1S/C10H14N4O2S/c1-3-7(4-2)11-8-9(14(15)16)13-5-6-17-10(13)12-8/h5-7,11H,3-4H2,1-2H3. The lowest BCUT2D eigenvalue weighted by atomic mass is 10.2. The van der Waals surface area contributed by atoms with E-state index in [0.717, 1.165) is 12.8 Å². The Labute approximate surface area is 102 Å². The first kappa shape index (κ1) is 11.8. The molecule has 2 aromatic heterocycles. The van der Waals surface area contributed by atoms with Gasteiger partial charge in [-0.15, -0.1) is 0 Å². The van der Waals surface area contributed by atoms with Crippen LogP contribution in [0.15, 0.2) is 11.6 Å². The lowest BCUT2D eigenvalue weighted by Crippen LogP contribution is -2.18. The fraction of sp³-hybridized carbons (Fsp3) is 0.500. The topological polar surface area (TPSA) is 72.5 Å². The number of thiazole rings is 1. The van der Waals surface area contributed by atoms with E-state index in [1.54, 1.807) is 11.6 Å². The first-order valence-electron chi connectivity index (χ1n) is 5.53. The first-order valence-corrected chi connectivity index (χ1v) is 6.41. The SMILES string of the molecule is CCC(CC)Nc1nc2sccn2c1[N+](=O)[O-]. The van der Waals surface area contributed by atoms with Gasteiger partial charge in [0.15, 0.2) is 0 Å². The van der Waals surface area contributed by atoms with Crippen molar-refractivity contribution in [2.75, 3.05) is 5.32 Å². The van der Waals surface area contributed by atoms with Crippen molar-refractivity contribution in [1.82, 2.24) is 9.38 Å². The van der Waals surface area contributed by atoms with Crippen LogP contribution in [-0.4, -0.2) is 20.3 Å². The number of hydrogen-bond acceptors (Lipinski definition) is 5. The molecule has 1 N–H and O–H groups in total. The van der Waals surface area contributed by atoms with Crippen molar-refractivity contribution in [3.8, 4) is 0 Å². The molecule has 92 valence electrons. The van der Waals surface area contributed by atoms with Gasteiger partial charge in [-0.1, -0.05) is 25.2 Å². The number of fused-ring (bicyclic) bond motifs is 1. The average molecular weight is 254 g/mol. The van der Waals surface area contributed by atoms with Crippen LogP contribution in [0.1, 0.15) is 26.7 Å². The molecule has 0 aliphatic rings. The van der Waals surface area contributed by atoms with Crippen LogP contribution in [0.4, 0.5) is 11.6 Å². The monoisotopic (exact) mass is 254 g/mol. The summed E-state index contributed by atoms with van der Waals surface area (Å²) >= 11 is 1.39. The third-order valence-corrected chi connectivity index (χ3v) is 3.49. The summed E-state index contributed by atoms with van der Waals surface area (Å²) in [5, 5.41) is 16.0. The van der Waals surface area contributed by atoms with E-state index in [0.29, 0.717) is 10.8 Å². The Hall–Kier alpha value is -1.63. The Balaban J connectivity index is 2.41. The lowest BCUT2D eigenvalue weighted by molar-refractivity contribution is -0.389. The second kappa shape index (κ2) is 4.70. The van der Waals surface area contributed by atoms with E-state index in [-0.39, 0.29) is 11.9 Å². The number of hydrogen-bond donors (Lipinski definition) is 1. The minimum absolute atomic E-state index is 0.0214. The van der Waals surface area contributed by atoms with E-state index in [2.05, 4.69) is 10.3 Å². The molecule has 0 saturated heterocycles. The largest absolute Gasteiger partial charge is 0.372 e. The summed E-state index contributed by atoms with van der Waals surface area (Å²) in [6.07, 6.45) is 3.50. The summed E-state index contributed by atoms with van der Waals surface area (Å²) in [6, 6.07) is 0.221. The molecule has 2 heterocycles. The molecule has 0 radical (unpaired) electrons. The molecule has 0 aliphatic carbocycles. The second-order valence-electron chi connectivity index (χ2n) is 3.75. The van der Waals surface area contributed by atoms with E-state index >= 15 is 0 Å². The fourth-order valence-electron chi connectivity index (χ4n) is 1.73. The number of nitro groups is 1. The summed E-state index contributed by atoms with van der Waals surface area (Å²) < 4.78 is 1.51. The zero-order valence-corrected chi connectivity index (χ0v) is 10.5. The van der Waals surface area contributed by atoms with Crippen LogP contribution in [0.5, 0.6) is 0 Å². The Morgan fingerprint density at radius 1 is 1.59 bits per heavy atom. The highest BCUT2D eigenvalue weighted by Gasteiger charge is 2.24. The second-order valence-corrected chi connectivity index (χ2v) is 4.63. The quantitative estimate of drug-likeness (QED) is 0.657. The third-order valence-electron chi connectivity index (χ3n) is 2.74. The summed E-state index contributed by atoms with van der Waals surface area (Å²) in [5.74, 6) is 0.392. The van der Waals surface area contributed by atoms with Crippen molar-refractivity contribution < 1.29 is 4.92 Å². The van der Waals surface area contributed by atoms with Crippen molar-refractivity contribution in [2.45, 2.75) is 32.7 Å². The van der Waals surface area contributed by atoms with Gasteiger partial charge in [0.2, 0.25) is 5.82 Å². The maximum atomic E-state index is 11.1. The molecule has 0 spiro atoms. The van der Waals surface area contributed by atoms with Crippen LogP contribution in [0.2, 0.25) is 0 Å². The minimum atomic E-state index is -0.391. The molecule has 17 heavy (non-hydrogen) atoms. The molecule has 0 fully saturated rings. The van der Waals surface area contributed by atoms with Crippen molar-refractivity contribution in [1.29, 1.82) is 0 Å². The Kier molecular flexibility index (Phi) is 3.28. The van der Waals surface area contributed by atoms with Crippen molar-refractivity contribution in [3.05, 3.63) is 21.7 Å². The summed E-state index contributed by atoms with van der Waals surface area (Å²) in [6.45, 7) is 4.09. The predicted molar refractivity (Wildman–Crippen MR) is 67.7 cm³/mol. The molecule has 6 nitrogen and oxygen atoms in total. The molecular formula is C10H14N4O2S. The third kappa shape index (κ3) is 2.10. The average Bonchev–Trinajstić information content (AvgIpc) is 2.84. The fourth-order valence-corrected chi connectivity index (χ4v) is 2.44. The molecule has 2 aromatic rings. The smallest absolute Gasteiger partial charge is 0.360 e. The Morgan fingerprint density at radius 3 is 2.88 bits per heavy atom. The van der Waals surface area contributed by atoms with Crippen LogP contribution in [-0.2, 0) is 0 Å². The number of imidazole rings is 1. The summed E-state index contributed by atoms with van der Waals surface area (Å²) in [7, 11) is 0. The zero-order chi connectivity index (χ0) is 12.4. The molecule has 0 amide bonds. The van der Waals surface area contributed by atoms with Gasteiger partial charge in [0.05, 0.1) is 0 Å². The highest BCUT2D eigenvalue weighted by molar-refractivity contribution is 7.15. The highest BCUT2D eigenvalue weighted by atomic mass is 32.1. The number of rotatable bonds is 5. The van der Waals surface area contributed by atoms with E-state index in [4.69, 9.17) is 0 Å². The number of nitrogens with one attached hydrogen (secondary N) is 1. The maximum absolute atomic E-state index is 11.1. The van der Waals surface area contributed by atoms with Gasteiger partial charge in [-0.25, -0.2) is 0 Å². The normalized spacial score (nSPS) is 11.2. The van der Waals surface area contributed by atoms with Crippen LogP contribution >= 0.6 is 11.3 Å². The maximum Gasteiger partial charge on any atom is 0.372 e. The van der Waals surface area contributed by atoms with Crippen LogP contribution in [0.3, 0.4) is 0 Å². The molecule has 0 atom stereocenters. The predicted octanol–water partition coefficient (Wildman–Crippen LogP) is 2.90. The van der Waals surface area contributed by atoms with E-state index < -0.39 is 4.92 Å². The van der Waals surface area contributed by atoms with Crippen LogP contribution < -0.4 is 5.32 Å². The van der Waals surface area contributed by atoms with Crippen LogP contribution in [0, 0.1) is 10.1 Å². The lowest BCUT2D eigenvalue weighted by Gasteiger charge is -2.13. The van der Waals surface area contributed by atoms with Gasteiger partial charge < -0.3 is 15.4 Å². The van der Waals surface area contributed by atoms with Crippen molar-refractivity contribution >= 4 is 27.9 Å².